The first-order chi connectivity index (χ1) is 7.63. The number of hydrogen-bond donors (Lipinski definition) is 3. The van der Waals surface area contributed by atoms with Gasteiger partial charge in [-0.05, 0) is 11.6 Å². The van der Waals surface area contributed by atoms with Crippen molar-refractivity contribution < 1.29 is 24.7 Å². The minimum Gasteiger partial charge on any atom is -0.535 e. The second kappa shape index (κ2) is 4.15. The van der Waals surface area contributed by atoms with Crippen LogP contribution >= 0.6 is 0 Å². The Labute approximate surface area is 92.4 Å². The Bertz CT molecular complexity index is 420. The van der Waals surface area contributed by atoms with Crippen LogP contribution in [0.4, 0.5) is 0 Å². The highest BCUT2D eigenvalue weighted by Gasteiger charge is 2.33. The summed E-state index contributed by atoms with van der Waals surface area (Å²) < 4.78 is 5.12. The van der Waals surface area contributed by atoms with E-state index in [-0.39, 0.29) is 30.2 Å². The van der Waals surface area contributed by atoms with Crippen LogP contribution in [-0.4, -0.2) is 34.9 Å². The van der Waals surface area contributed by atoms with E-state index in [1.54, 1.807) is 12.1 Å². The van der Waals surface area contributed by atoms with E-state index >= 15 is 0 Å². The molecule has 5 nitrogen and oxygen atoms in total. The van der Waals surface area contributed by atoms with Crippen molar-refractivity contribution >= 4 is 13.1 Å². The lowest BCUT2D eigenvalue weighted by Crippen LogP contribution is -2.31. The molecule has 0 radical (unpaired) electrons. The number of para-hydroxylation sites is 1. The molecule has 0 amide bonds. The van der Waals surface area contributed by atoms with Crippen LogP contribution < -0.4 is 4.65 Å². The molecule has 1 aliphatic heterocycles. The Kier molecular flexibility index (Phi) is 2.85. The number of benzene rings is 1. The van der Waals surface area contributed by atoms with Gasteiger partial charge in [0.25, 0.3) is 0 Å². The maximum atomic E-state index is 11.0. The molecule has 0 saturated carbocycles. The Morgan fingerprint density at radius 3 is 2.94 bits per heavy atom. The van der Waals surface area contributed by atoms with Crippen molar-refractivity contribution in [3.05, 3.63) is 29.3 Å². The summed E-state index contributed by atoms with van der Waals surface area (Å²) in [5.74, 6) is -1.23. The molecule has 1 unspecified atom stereocenters. The first kappa shape index (κ1) is 11.0. The zero-order valence-corrected chi connectivity index (χ0v) is 8.46. The van der Waals surface area contributed by atoms with Crippen LogP contribution in [0, 0.1) is 0 Å². The summed E-state index contributed by atoms with van der Waals surface area (Å²) in [6, 6.07) is 4.72. The van der Waals surface area contributed by atoms with Crippen molar-refractivity contribution in [2.24, 2.45) is 0 Å². The van der Waals surface area contributed by atoms with Crippen LogP contribution in [-0.2, 0) is 0 Å². The Balaban J connectivity index is 2.52. The van der Waals surface area contributed by atoms with E-state index in [4.69, 9.17) is 9.76 Å². The van der Waals surface area contributed by atoms with Gasteiger partial charge in [-0.25, -0.2) is 4.79 Å². The van der Waals surface area contributed by atoms with Gasteiger partial charge in [-0.15, -0.1) is 0 Å². The van der Waals surface area contributed by atoms with E-state index in [1.165, 1.54) is 6.07 Å². The normalized spacial score (nSPS) is 18.9. The fraction of sp³-hybridized carbons (Fsp3) is 0.300. The van der Waals surface area contributed by atoms with Gasteiger partial charge in [-0.1, -0.05) is 12.1 Å². The molecule has 1 atom stereocenters. The molecule has 0 saturated heterocycles. The number of hydrogen-bond acceptors (Lipinski definition) is 4. The molecule has 6 heteroatoms. The summed E-state index contributed by atoms with van der Waals surface area (Å²) in [6.45, 7) is -0.142. The minimum absolute atomic E-state index is 0.00898. The minimum atomic E-state index is -1.11. The monoisotopic (exact) mass is 222 g/mol. The standard InChI is InChI=1S/C10H11BO5/c12-5-6-4-11(15)16-9-7(6)2-1-3-8(9)10(13)14/h1-3,6,12,15H,4-5H2,(H,13,14). The van der Waals surface area contributed by atoms with E-state index in [0.717, 1.165) is 0 Å². The van der Waals surface area contributed by atoms with E-state index in [0.29, 0.717) is 5.56 Å². The third kappa shape index (κ3) is 1.77. The average Bonchev–Trinajstić information content (AvgIpc) is 2.26. The van der Waals surface area contributed by atoms with E-state index in [1.807, 2.05) is 0 Å². The number of rotatable bonds is 2. The van der Waals surface area contributed by atoms with Gasteiger partial charge in [0.15, 0.2) is 0 Å². The molecule has 2 rings (SSSR count). The summed E-state index contributed by atoms with van der Waals surface area (Å²) in [5.41, 5.74) is 0.641. The molecule has 0 aliphatic carbocycles. The van der Waals surface area contributed by atoms with Gasteiger partial charge >= 0.3 is 13.1 Å². The van der Waals surface area contributed by atoms with Gasteiger partial charge in [0.05, 0.1) is 5.56 Å². The molecular formula is C10H11BO5. The summed E-state index contributed by atoms with van der Waals surface area (Å²) in [5, 5.41) is 27.6. The number of aliphatic hydroxyl groups is 1. The molecule has 3 N–H and O–H groups in total. The lowest BCUT2D eigenvalue weighted by molar-refractivity contribution is 0.0694. The maximum Gasteiger partial charge on any atom is 0.523 e. The second-order valence-electron chi connectivity index (χ2n) is 3.72. The van der Waals surface area contributed by atoms with Gasteiger partial charge in [0, 0.05) is 18.8 Å². The predicted octanol–water partition coefficient (Wildman–Crippen LogP) is 0.334. The van der Waals surface area contributed by atoms with Crippen molar-refractivity contribution in [3.8, 4) is 5.75 Å². The lowest BCUT2D eigenvalue weighted by Gasteiger charge is -2.27. The number of fused-ring (bicyclic) bond motifs is 1. The zero-order valence-electron chi connectivity index (χ0n) is 8.46. The quantitative estimate of drug-likeness (QED) is 0.627. The highest BCUT2D eigenvalue weighted by Crippen LogP contribution is 2.37. The predicted molar refractivity (Wildman–Crippen MR) is 56.6 cm³/mol. The number of carboxylic acids is 1. The summed E-state index contributed by atoms with van der Waals surface area (Å²) in [4.78, 5) is 11.0. The molecule has 16 heavy (non-hydrogen) atoms. The Morgan fingerprint density at radius 2 is 2.31 bits per heavy atom. The SMILES string of the molecule is O=C(O)c1cccc2c1OB(O)CC2CO. The molecule has 84 valence electrons. The molecule has 0 bridgehead atoms. The Morgan fingerprint density at radius 1 is 1.56 bits per heavy atom. The highest BCUT2D eigenvalue weighted by atomic mass is 16.5. The molecule has 1 aliphatic rings. The fourth-order valence-electron chi connectivity index (χ4n) is 1.90. The molecule has 1 aromatic rings. The molecule has 0 spiro atoms. The Hall–Kier alpha value is -1.53. The summed E-state index contributed by atoms with van der Waals surface area (Å²) >= 11 is 0. The van der Waals surface area contributed by atoms with Gasteiger partial charge in [-0.3, -0.25) is 0 Å². The first-order valence-corrected chi connectivity index (χ1v) is 4.95. The lowest BCUT2D eigenvalue weighted by atomic mass is 9.72. The maximum absolute atomic E-state index is 11.0. The number of aliphatic hydroxyl groups excluding tert-OH is 1. The average molecular weight is 222 g/mol. The summed E-state index contributed by atoms with van der Waals surface area (Å²) in [6.07, 6.45) is 0.270. The largest absolute Gasteiger partial charge is 0.535 e. The first-order valence-electron chi connectivity index (χ1n) is 4.95. The second-order valence-corrected chi connectivity index (χ2v) is 3.72. The van der Waals surface area contributed by atoms with Crippen LogP contribution in [0.1, 0.15) is 21.8 Å². The van der Waals surface area contributed by atoms with Gasteiger partial charge in [0.1, 0.15) is 5.75 Å². The molecule has 0 fully saturated rings. The van der Waals surface area contributed by atoms with Crippen LogP contribution in [0.25, 0.3) is 0 Å². The van der Waals surface area contributed by atoms with E-state index in [9.17, 15) is 14.9 Å². The number of carbonyl (C=O) groups is 1. The van der Waals surface area contributed by atoms with Crippen molar-refractivity contribution in [2.75, 3.05) is 6.61 Å². The molecular weight excluding hydrogens is 211 g/mol. The highest BCUT2D eigenvalue weighted by molar-refractivity contribution is 6.44. The molecule has 1 aromatic carbocycles. The zero-order chi connectivity index (χ0) is 11.7. The molecule has 0 aromatic heterocycles. The van der Waals surface area contributed by atoms with Gasteiger partial charge < -0.3 is 19.9 Å². The third-order valence-corrected chi connectivity index (χ3v) is 2.68. The third-order valence-electron chi connectivity index (χ3n) is 2.68. The molecule has 1 heterocycles. The summed E-state index contributed by atoms with van der Waals surface area (Å²) in [7, 11) is -1.06. The van der Waals surface area contributed by atoms with Crippen molar-refractivity contribution in [1.82, 2.24) is 0 Å². The van der Waals surface area contributed by atoms with Crippen LogP contribution in [0.3, 0.4) is 0 Å². The van der Waals surface area contributed by atoms with Crippen LogP contribution in [0.5, 0.6) is 5.75 Å². The van der Waals surface area contributed by atoms with Crippen molar-refractivity contribution in [3.63, 3.8) is 0 Å². The smallest absolute Gasteiger partial charge is 0.523 e. The van der Waals surface area contributed by atoms with Crippen molar-refractivity contribution in [1.29, 1.82) is 0 Å². The van der Waals surface area contributed by atoms with Crippen LogP contribution in [0.2, 0.25) is 6.32 Å². The van der Waals surface area contributed by atoms with Crippen LogP contribution in [0.15, 0.2) is 18.2 Å². The van der Waals surface area contributed by atoms with Gasteiger partial charge in [0.2, 0.25) is 0 Å². The number of carboxylic acid groups (broad SMARTS) is 1. The fourth-order valence-corrected chi connectivity index (χ4v) is 1.90. The van der Waals surface area contributed by atoms with Crippen molar-refractivity contribution in [2.45, 2.75) is 12.2 Å². The number of aromatic carboxylic acids is 1. The van der Waals surface area contributed by atoms with E-state index < -0.39 is 13.1 Å². The topological polar surface area (TPSA) is 87.0 Å². The van der Waals surface area contributed by atoms with Gasteiger partial charge in [-0.2, -0.15) is 0 Å². The van der Waals surface area contributed by atoms with E-state index in [2.05, 4.69) is 0 Å².